The van der Waals surface area contributed by atoms with Gasteiger partial charge < -0.3 is 10.5 Å². The molecule has 0 saturated heterocycles. The van der Waals surface area contributed by atoms with E-state index in [1.54, 1.807) is 6.26 Å². The summed E-state index contributed by atoms with van der Waals surface area (Å²) in [6.45, 7) is 0.688. The number of hydrogen-bond donors (Lipinski definition) is 1. The number of halogens is 2. The highest BCUT2D eigenvalue weighted by Gasteiger charge is 2.16. The molecule has 0 aliphatic carbocycles. The second-order valence-corrected chi connectivity index (χ2v) is 3.82. The Hall–Kier alpha value is -1.42. The zero-order valence-electron chi connectivity index (χ0n) is 8.75. The van der Waals surface area contributed by atoms with Gasteiger partial charge in [0.25, 0.3) is 0 Å². The molecule has 86 valence electrons. The minimum Gasteiger partial charge on any atom is -0.501 e. The smallest absolute Gasteiger partial charge is 0.159 e. The Kier molecular flexibility index (Phi) is 3.19. The second kappa shape index (κ2) is 4.61. The van der Waals surface area contributed by atoms with Crippen molar-refractivity contribution in [1.29, 1.82) is 0 Å². The molecule has 2 nitrogen and oxygen atoms in total. The fourth-order valence-corrected chi connectivity index (χ4v) is 1.73. The number of rotatable bonds is 2. The lowest BCUT2D eigenvalue weighted by Crippen LogP contribution is -2.16. The number of benzene rings is 1. The minimum absolute atomic E-state index is 0.421. The zero-order valence-corrected chi connectivity index (χ0v) is 8.75. The van der Waals surface area contributed by atoms with Gasteiger partial charge >= 0.3 is 0 Å². The SMILES string of the molecule is NC(C1=COCCC1)c1ccc(F)c(F)c1. The maximum Gasteiger partial charge on any atom is 0.159 e. The maximum atomic E-state index is 13.0. The highest BCUT2D eigenvalue weighted by atomic mass is 19.2. The van der Waals surface area contributed by atoms with Crippen molar-refractivity contribution in [2.24, 2.45) is 5.73 Å². The molecule has 1 unspecified atom stereocenters. The van der Waals surface area contributed by atoms with Crippen LogP contribution in [0.3, 0.4) is 0 Å². The van der Waals surface area contributed by atoms with Crippen LogP contribution in [-0.2, 0) is 4.74 Å². The molecule has 4 heteroatoms. The summed E-state index contributed by atoms with van der Waals surface area (Å²) in [7, 11) is 0. The molecule has 1 aromatic rings. The number of hydrogen-bond acceptors (Lipinski definition) is 2. The topological polar surface area (TPSA) is 35.2 Å². The molecular weight excluding hydrogens is 212 g/mol. The predicted molar refractivity (Wildman–Crippen MR) is 56.6 cm³/mol. The van der Waals surface area contributed by atoms with Gasteiger partial charge in [0.05, 0.1) is 18.9 Å². The normalized spacial score (nSPS) is 17.6. The molecule has 1 aromatic carbocycles. The van der Waals surface area contributed by atoms with Crippen LogP contribution in [0.4, 0.5) is 8.78 Å². The molecule has 1 aliphatic rings. The van der Waals surface area contributed by atoms with Crippen molar-refractivity contribution in [2.75, 3.05) is 6.61 Å². The van der Waals surface area contributed by atoms with Gasteiger partial charge in [-0.25, -0.2) is 8.78 Å². The summed E-state index contributed by atoms with van der Waals surface area (Å²) in [5, 5.41) is 0. The van der Waals surface area contributed by atoms with Gasteiger partial charge in [-0.15, -0.1) is 0 Å². The van der Waals surface area contributed by atoms with E-state index < -0.39 is 17.7 Å². The van der Waals surface area contributed by atoms with E-state index in [0.717, 1.165) is 30.5 Å². The van der Waals surface area contributed by atoms with Crippen LogP contribution in [0.15, 0.2) is 30.0 Å². The van der Waals surface area contributed by atoms with Crippen molar-refractivity contribution in [2.45, 2.75) is 18.9 Å². The average molecular weight is 225 g/mol. The van der Waals surface area contributed by atoms with Crippen LogP contribution in [0.2, 0.25) is 0 Å². The zero-order chi connectivity index (χ0) is 11.5. The van der Waals surface area contributed by atoms with Gasteiger partial charge in [0.2, 0.25) is 0 Å². The molecule has 16 heavy (non-hydrogen) atoms. The Bertz CT molecular complexity index is 417. The lowest BCUT2D eigenvalue weighted by molar-refractivity contribution is 0.221. The summed E-state index contributed by atoms with van der Waals surface area (Å²) >= 11 is 0. The third-order valence-corrected chi connectivity index (χ3v) is 2.66. The van der Waals surface area contributed by atoms with Gasteiger partial charge in [0, 0.05) is 0 Å². The van der Waals surface area contributed by atoms with Gasteiger partial charge in [-0.1, -0.05) is 6.07 Å². The van der Waals surface area contributed by atoms with Gasteiger partial charge in [-0.2, -0.15) is 0 Å². The van der Waals surface area contributed by atoms with Crippen LogP contribution in [0, 0.1) is 11.6 Å². The lowest BCUT2D eigenvalue weighted by Gasteiger charge is -2.20. The van der Waals surface area contributed by atoms with Crippen LogP contribution in [0.5, 0.6) is 0 Å². The molecule has 0 amide bonds. The van der Waals surface area contributed by atoms with Crippen molar-refractivity contribution in [3.63, 3.8) is 0 Å². The first kappa shape index (κ1) is 11.1. The maximum absolute atomic E-state index is 13.0. The molecule has 2 rings (SSSR count). The number of ether oxygens (including phenoxy) is 1. The number of nitrogens with two attached hydrogens (primary N) is 1. The Morgan fingerprint density at radius 2 is 2.06 bits per heavy atom. The lowest BCUT2D eigenvalue weighted by atomic mass is 9.96. The molecule has 1 aliphatic heterocycles. The summed E-state index contributed by atoms with van der Waals surface area (Å²) in [5.74, 6) is -1.73. The van der Waals surface area contributed by atoms with E-state index in [-0.39, 0.29) is 0 Å². The molecule has 0 fully saturated rings. The van der Waals surface area contributed by atoms with Crippen LogP contribution in [0.1, 0.15) is 24.4 Å². The Labute approximate surface area is 92.7 Å². The van der Waals surface area contributed by atoms with Crippen molar-refractivity contribution in [3.05, 3.63) is 47.2 Å². The molecule has 1 atom stereocenters. The Balaban J connectivity index is 2.22. The van der Waals surface area contributed by atoms with Crippen LogP contribution in [-0.4, -0.2) is 6.61 Å². The first-order valence-corrected chi connectivity index (χ1v) is 5.19. The fraction of sp³-hybridized carbons (Fsp3) is 0.333. The summed E-state index contributed by atoms with van der Waals surface area (Å²) in [5.41, 5.74) is 7.43. The molecule has 0 radical (unpaired) electrons. The average Bonchev–Trinajstić information content (AvgIpc) is 2.33. The Morgan fingerprint density at radius 1 is 1.25 bits per heavy atom. The van der Waals surface area contributed by atoms with Crippen LogP contribution in [0.25, 0.3) is 0 Å². The highest BCUT2D eigenvalue weighted by molar-refractivity contribution is 5.28. The molecular formula is C12H13F2NO. The largest absolute Gasteiger partial charge is 0.501 e. The molecule has 1 heterocycles. The van der Waals surface area contributed by atoms with Crippen molar-refractivity contribution in [3.8, 4) is 0 Å². The first-order valence-electron chi connectivity index (χ1n) is 5.19. The van der Waals surface area contributed by atoms with Gasteiger partial charge in [0.15, 0.2) is 11.6 Å². The van der Waals surface area contributed by atoms with E-state index in [9.17, 15) is 8.78 Å². The van der Waals surface area contributed by atoms with Gasteiger partial charge in [-0.3, -0.25) is 0 Å². The van der Waals surface area contributed by atoms with Gasteiger partial charge in [-0.05, 0) is 36.1 Å². The Morgan fingerprint density at radius 3 is 2.69 bits per heavy atom. The summed E-state index contributed by atoms with van der Waals surface area (Å²) in [6.07, 6.45) is 3.36. The van der Waals surface area contributed by atoms with Crippen molar-refractivity contribution < 1.29 is 13.5 Å². The first-order chi connectivity index (χ1) is 7.68. The van der Waals surface area contributed by atoms with Crippen molar-refractivity contribution in [1.82, 2.24) is 0 Å². The molecule has 0 aromatic heterocycles. The van der Waals surface area contributed by atoms with E-state index in [1.165, 1.54) is 6.07 Å². The molecule has 0 saturated carbocycles. The quantitative estimate of drug-likeness (QED) is 0.839. The second-order valence-electron chi connectivity index (χ2n) is 3.82. The molecule has 0 spiro atoms. The van der Waals surface area contributed by atoms with E-state index in [1.807, 2.05) is 0 Å². The molecule has 0 bridgehead atoms. The van der Waals surface area contributed by atoms with Crippen molar-refractivity contribution >= 4 is 0 Å². The standard InChI is InChI=1S/C12H13F2NO/c13-10-4-3-8(6-11(10)14)12(15)9-2-1-5-16-7-9/h3-4,6-7,12H,1-2,5,15H2. The summed E-state index contributed by atoms with van der Waals surface area (Å²) in [6, 6.07) is 3.30. The van der Waals surface area contributed by atoms with Crippen LogP contribution < -0.4 is 5.73 Å². The van der Waals surface area contributed by atoms with Crippen LogP contribution >= 0.6 is 0 Å². The van der Waals surface area contributed by atoms with E-state index in [0.29, 0.717) is 12.2 Å². The highest BCUT2D eigenvalue weighted by Crippen LogP contribution is 2.26. The monoisotopic (exact) mass is 225 g/mol. The minimum atomic E-state index is -0.870. The molecule has 2 N–H and O–H groups in total. The van der Waals surface area contributed by atoms with E-state index >= 15 is 0 Å². The predicted octanol–water partition coefficient (Wildman–Crippen LogP) is 2.66. The van der Waals surface area contributed by atoms with Gasteiger partial charge in [0.1, 0.15) is 0 Å². The summed E-state index contributed by atoms with van der Waals surface area (Å²) < 4.78 is 30.9. The fourth-order valence-electron chi connectivity index (χ4n) is 1.73. The summed E-state index contributed by atoms with van der Waals surface area (Å²) in [4.78, 5) is 0. The third kappa shape index (κ3) is 2.22. The van der Waals surface area contributed by atoms with E-state index in [2.05, 4.69) is 0 Å². The van der Waals surface area contributed by atoms with E-state index in [4.69, 9.17) is 10.5 Å². The third-order valence-electron chi connectivity index (χ3n) is 2.66.